The number of ether oxygens (including phenoxy) is 1. The highest BCUT2D eigenvalue weighted by Gasteiger charge is 2.39. The van der Waals surface area contributed by atoms with Crippen molar-refractivity contribution in [2.45, 2.75) is 71.2 Å². The highest BCUT2D eigenvalue weighted by molar-refractivity contribution is 6.05. The van der Waals surface area contributed by atoms with Crippen LogP contribution in [0.2, 0.25) is 0 Å². The molecule has 1 aliphatic heterocycles. The number of hydrogen-bond acceptors (Lipinski definition) is 3. The number of carbonyl (C=O) groups is 1. The summed E-state index contributed by atoms with van der Waals surface area (Å²) in [6.07, 6.45) is 1.14. The fourth-order valence-electron chi connectivity index (χ4n) is 5.49. The third-order valence-electron chi connectivity index (χ3n) is 7.71. The molecule has 2 atom stereocenters. The second-order valence-corrected chi connectivity index (χ2v) is 10.9. The molecule has 0 bridgehead atoms. The molecule has 4 nitrogen and oxygen atoms in total. The highest BCUT2D eigenvalue weighted by atomic mass is 19.4. The number of halogens is 5. The van der Waals surface area contributed by atoms with Gasteiger partial charge in [0.1, 0.15) is 17.4 Å². The Morgan fingerprint density at radius 2 is 1.37 bits per heavy atom. The Balaban J connectivity index is 1.64. The summed E-state index contributed by atoms with van der Waals surface area (Å²) in [5, 5.41) is 0. The van der Waals surface area contributed by atoms with Crippen LogP contribution in [0.15, 0.2) is 71.7 Å². The summed E-state index contributed by atoms with van der Waals surface area (Å²) >= 11 is 0. The van der Waals surface area contributed by atoms with Gasteiger partial charge in [-0.15, -0.1) is 13.2 Å². The summed E-state index contributed by atoms with van der Waals surface area (Å²) in [4.78, 5) is 20.7. The predicted octanol–water partition coefficient (Wildman–Crippen LogP) is 9.29. The van der Waals surface area contributed by atoms with Crippen LogP contribution < -0.4 is 4.74 Å². The first-order valence-corrected chi connectivity index (χ1v) is 14.9. The van der Waals surface area contributed by atoms with E-state index < -0.39 is 30.0 Å². The minimum absolute atomic E-state index is 0.0722. The Labute approximate surface area is 249 Å². The van der Waals surface area contributed by atoms with Gasteiger partial charge >= 0.3 is 6.36 Å². The summed E-state index contributed by atoms with van der Waals surface area (Å²) in [6, 6.07) is 15.8. The summed E-state index contributed by atoms with van der Waals surface area (Å²) in [5.74, 6) is -2.45. The van der Waals surface area contributed by atoms with Crippen LogP contribution in [0.25, 0.3) is 11.1 Å². The van der Waals surface area contributed by atoms with Crippen LogP contribution in [0.4, 0.5) is 22.0 Å². The number of amides is 1. The van der Waals surface area contributed by atoms with E-state index in [1.165, 1.54) is 42.5 Å². The minimum atomic E-state index is -4.77. The van der Waals surface area contributed by atoms with E-state index in [4.69, 9.17) is 4.99 Å². The second kappa shape index (κ2) is 14.6. The molecule has 0 saturated carbocycles. The van der Waals surface area contributed by atoms with Gasteiger partial charge < -0.3 is 9.64 Å². The molecule has 0 aliphatic carbocycles. The van der Waals surface area contributed by atoms with Crippen LogP contribution in [0.3, 0.4) is 0 Å². The van der Waals surface area contributed by atoms with E-state index in [0.29, 0.717) is 24.2 Å². The Bertz CT molecular complexity index is 1360. The van der Waals surface area contributed by atoms with Gasteiger partial charge in [-0.1, -0.05) is 82.0 Å². The van der Waals surface area contributed by atoms with Crippen LogP contribution in [-0.2, 0) is 4.79 Å². The maximum Gasteiger partial charge on any atom is 0.573 e. The van der Waals surface area contributed by atoms with E-state index in [0.717, 1.165) is 44.1 Å². The lowest BCUT2D eigenvalue weighted by atomic mass is 9.89. The zero-order valence-electron chi connectivity index (χ0n) is 24.5. The molecule has 0 N–H and O–H groups in total. The fraction of sp³-hybridized carbons (Fsp3) is 0.412. The first-order chi connectivity index (χ1) is 20.6. The second-order valence-electron chi connectivity index (χ2n) is 10.9. The van der Waals surface area contributed by atoms with Crippen molar-refractivity contribution in [2.24, 2.45) is 10.9 Å². The van der Waals surface area contributed by atoms with E-state index in [9.17, 15) is 26.7 Å². The largest absolute Gasteiger partial charge is 0.573 e. The highest BCUT2D eigenvalue weighted by Crippen LogP contribution is 2.39. The van der Waals surface area contributed by atoms with Crippen molar-refractivity contribution >= 4 is 11.6 Å². The maximum absolute atomic E-state index is 14.8. The number of nitrogens with zero attached hydrogens (tertiary/aromatic N) is 2. The quantitative estimate of drug-likeness (QED) is 0.145. The molecule has 0 spiro atoms. The molecule has 3 aromatic rings. The van der Waals surface area contributed by atoms with Crippen molar-refractivity contribution in [3.05, 3.63) is 89.5 Å². The van der Waals surface area contributed by atoms with Crippen LogP contribution in [-0.4, -0.2) is 36.0 Å². The van der Waals surface area contributed by atoms with E-state index in [1.807, 2.05) is 17.0 Å². The van der Waals surface area contributed by atoms with Gasteiger partial charge in [0.15, 0.2) is 0 Å². The number of hydrogen-bond donors (Lipinski definition) is 0. The topological polar surface area (TPSA) is 41.9 Å². The van der Waals surface area contributed by atoms with Crippen molar-refractivity contribution in [1.29, 1.82) is 0 Å². The number of alkyl halides is 3. The molecule has 1 amide bonds. The number of unbranched alkanes of at least 4 members (excludes halogenated alkanes) is 4. The summed E-state index contributed by atoms with van der Waals surface area (Å²) in [7, 11) is 0. The van der Waals surface area contributed by atoms with Gasteiger partial charge in [-0.2, -0.15) is 0 Å². The van der Waals surface area contributed by atoms with Gasteiger partial charge in [0.25, 0.3) is 0 Å². The molecule has 1 aliphatic rings. The summed E-state index contributed by atoms with van der Waals surface area (Å²) in [6.45, 7) is 5.45. The van der Waals surface area contributed by atoms with Gasteiger partial charge in [-0.25, -0.2) is 8.78 Å². The van der Waals surface area contributed by atoms with Crippen molar-refractivity contribution in [3.8, 4) is 16.9 Å². The molecule has 3 aromatic carbocycles. The molecular formula is C34H37F5N2O2. The molecule has 230 valence electrons. The molecular weight excluding hydrogens is 563 g/mol. The minimum Gasteiger partial charge on any atom is -0.406 e. The third-order valence-corrected chi connectivity index (χ3v) is 7.71. The molecule has 0 aromatic heterocycles. The lowest BCUT2D eigenvalue weighted by Crippen LogP contribution is -2.39. The van der Waals surface area contributed by atoms with Crippen LogP contribution in [0.5, 0.6) is 5.75 Å². The van der Waals surface area contributed by atoms with Gasteiger partial charge in [0.2, 0.25) is 5.91 Å². The Hall–Kier alpha value is -3.75. The molecule has 1 heterocycles. The SMILES string of the molecule is CCCCCN(CCCCC)C(=O)[C@H]1CC(c2c(F)cccc2F)=NC1c1ccc(-c2ccc(OC(F)(F)F)cc2)cc1. The lowest BCUT2D eigenvalue weighted by Gasteiger charge is -2.28. The van der Waals surface area contributed by atoms with Crippen molar-refractivity contribution in [3.63, 3.8) is 0 Å². The third kappa shape index (κ3) is 8.42. The molecule has 43 heavy (non-hydrogen) atoms. The number of carbonyl (C=O) groups excluding carboxylic acids is 1. The van der Waals surface area contributed by atoms with Crippen molar-refractivity contribution in [2.75, 3.05) is 13.1 Å². The zero-order chi connectivity index (χ0) is 31.0. The van der Waals surface area contributed by atoms with Gasteiger partial charge in [0, 0.05) is 25.2 Å². The average Bonchev–Trinajstić information content (AvgIpc) is 3.41. The summed E-state index contributed by atoms with van der Waals surface area (Å²) < 4.78 is 71.1. The van der Waals surface area contributed by atoms with Crippen LogP contribution >= 0.6 is 0 Å². The van der Waals surface area contributed by atoms with E-state index in [1.54, 1.807) is 12.1 Å². The lowest BCUT2D eigenvalue weighted by molar-refractivity contribution is -0.274. The first-order valence-electron chi connectivity index (χ1n) is 14.9. The Morgan fingerprint density at radius 3 is 1.88 bits per heavy atom. The average molecular weight is 601 g/mol. The zero-order valence-corrected chi connectivity index (χ0v) is 24.5. The molecule has 4 rings (SSSR count). The van der Waals surface area contributed by atoms with E-state index in [2.05, 4.69) is 18.6 Å². The van der Waals surface area contributed by atoms with Crippen molar-refractivity contribution < 1.29 is 31.5 Å². The molecule has 9 heteroatoms. The van der Waals surface area contributed by atoms with Gasteiger partial charge in [-0.3, -0.25) is 9.79 Å². The normalized spacial score (nSPS) is 16.7. The molecule has 0 radical (unpaired) electrons. The maximum atomic E-state index is 14.8. The summed E-state index contributed by atoms with van der Waals surface area (Å²) in [5.41, 5.74) is 2.16. The molecule has 0 fully saturated rings. The molecule has 0 saturated heterocycles. The van der Waals surface area contributed by atoms with Crippen LogP contribution in [0.1, 0.15) is 76.0 Å². The first kappa shape index (κ1) is 32.2. The van der Waals surface area contributed by atoms with Gasteiger partial charge in [-0.05, 0) is 53.8 Å². The standard InChI is InChI=1S/C34H37F5N2O2/c1-3-5-7-20-41(21-8-6-4-2)33(42)27-22-30(31-28(35)10-9-11-29(31)36)40-32(27)25-14-12-23(13-15-25)24-16-18-26(19-17-24)43-34(37,38)39/h9-19,27,32H,3-8,20-22H2,1-2H3/t27-,32?/m0/s1. The van der Waals surface area contributed by atoms with Crippen LogP contribution in [0, 0.1) is 17.6 Å². The Morgan fingerprint density at radius 1 is 0.837 bits per heavy atom. The monoisotopic (exact) mass is 600 g/mol. The number of aliphatic imine (C=N–C) groups is 1. The number of benzene rings is 3. The number of rotatable bonds is 13. The van der Waals surface area contributed by atoms with Gasteiger partial charge in [0.05, 0.1) is 17.5 Å². The smallest absolute Gasteiger partial charge is 0.406 e. The molecule has 1 unspecified atom stereocenters. The Kier molecular flexibility index (Phi) is 10.9. The van der Waals surface area contributed by atoms with E-state index >= 15 is 0 Å². The fourth-order valence-corrected chi connectivity index (χ4v) is 5.49. The van der Waals surface area contributed by atoms with E-state index in [-0.39, 0.29) is 29.4 Å². The predicted molar refractivity (Wildman–Crippen MR) is 158 cm³/mol. The van der Waals surface area contributed by atoms with Crippen molar-refractivity contribution in [1.82, 2.24) is 4.90 Å².